The molecule has 1 aliphatic rings. The third kappa shape index (κ3) is 2.80. The zero-order valence-corrected chi connectivity index (χ0v) is 10.1. The molecule has 0 aliphatic carbocycles. The summed E-state index contributed by atoms with van der Waals surface area (Å²) in [7, 11) is 0. The number of pyridine rings is 1. The summed E-state index contributed by atoms with van der Waals surface area (Å²) in [6.45, 7) is 6.93. The quantitative estimate of drug-likeness (QED) is 0.846. The first kappa shape index (κ1) is 11.6. The zero-order chi connectivity index (χ0) is 11.4. The van der Waals surface area contributed by atoms with Crippen molar-refractivity contribution in [1.82, 2.24) is 10.3 Å². The SMILES string of the molecule is Cc1cccnc1COC1(C)CCCNC1. The summed E-state index contributed by atoms with van der Waals surface area (Å²) in [5.41, 5.74) is 2.23. The van der Waals surface area contributed by atoms with Gasteiger partial charge in [0, 0.05) is 12.7 Å². The second kappa shape index (κ2) is 4.93. The number of nitrogens with zero attached hydrogens (tertiary/aromatic N) is 1. The largest absolute Gasteiger partial charge is 0.368 e. The van der Waals surface area contributed by atoms with Crippen LogP contribution in [0.3, 0.4) is 0 Å². The molecule has 1 saturated heterocycles. The van der Waals surface area contributed by atoms with Gasteiger partial charge < -0.3 is 10.1 Å². The van der Waals surface area contributed by atoms with E-state index >= 15 is 0 Å². The molecule has 1 atom stereocenters. The first-order chi connectivity index (χ1) is 7.70. The fraction of sp³-hybridized carbons (Fsp3) is 0.615. The van der Waals surface area contributed by atoms with E-state index in [9.17, 15) is 0 Å². The number of aryl methyl sites for hydroxylation is 1. The average molecular weight is 220 g/mol. The van der Waals surface area contributed by atoms with Crippen LogP contribution < -0.4 is 5.32 Å². The lowest BCUT2D eigenvalue weighted by molar-refractivity contribution is -0.0584. The van der Waals surface area contributed by atoms with Crippen molar-refractivity contribution in [1.29, 1.82) is 0 Å². The van der Waals surface area contributed by atoms with E-state index in [1.165, 1.54) is 12.0 Å². The molecular formula is C13H20N2O. The molecule has 1 aromatic heterocycles. The summed E-state index contributed by atoms with van der Waals surface area (Å²) in [6.07, 6.45) is 4.15. The van der Waals surface area contributed by atoms with Crippen molar-refractivity contribution >= 4 is 0 Å². The van der Waals surface area contributed by atoms with Crippen molar-refractivity contribution < 1.29 is 4.74 Å². The van der Waals surface area contributed by atoms with Crippen LogP contribution in [0.15, 0.2) is 18.3 Å². The van der Waals surface area contributed by atoms with Gasteiger partial charge in [-0.1, -0.05) is 6.07 Å². The molecule has 2 heterocycles. The standard InChI is InChI=1S/C13H20N2O/c1-11-5-3-8-15-12(11)9-16-13(2)6-4-7-14-10-13/h3,5,8,14H,4,6-7,9-10H2,1-2H3. The maximum atomic E-state index is 6.01. The second-order valence-electron chi connectivity index (χ2n) is 4.79. The van der Waals surface area contributed by atoms with Crippen LogP contribution in [0.25, 0.3) is 0 Å². The number of ether oxygens (including phenoxy) is 1. The normalized spacial score (nSPS) is 25.6. The van der Waals surface area contributed by atoms with Crippen LogP contribution in [-0.4, -0.2) is 23.7 Å². The number of aromatic nitrogens is 1. The van der Waals surface area contributed by atoms with Crippen molar-refractivity contribution in [2.75, 3.05) is 13.1 Å². The summed E-state index contributed by atoms with van der Waals surface area (Å²) < 4.78 is 6.01. The van der Waals surface area contributed by atoms with Gasteiger partial charge in [0.1, 0.15) is 0 Å². The first-order valence-corrected chi connectivity index (χ1v) is 5.95. The summed E-state index contributed by atoms with van der Waals surface area (Å²) in [5.74, 6) is 0. The lowest BCUT2D eigenvalue weighted by Gasteiger charge is -2.34. The van der Waals surface area contributed by atoms with Crippen LogP contribution in [0.2, 0.25) is 0 Å². The van der Waals surface area contributed by atoms with Crippen LogP contribution in [0.5, 0.6) is 0 Å². The molecular weight excluding hydrogens is 200 g/mol. The molecule has 88 valence electrons. The van der Waals surface area contributed by atoms with E-state index in [1.54, 1.807) is 0 Å². The minimum absolute atomic E-state index is 0.0256. The monoisotopic (exact) mass is 220 g/mol. The van der Waals surface area contributed by atoms with Gasteiger partial charge in [-0.3, -0.25) is 4.98 Å². The van der Waals surface area contributed by atoms with Gasteiger partial charge in [-0.2, -0.15) is 0 Å². The first-order valence-electron chi connectivity index (χ1n) is 5.95. The van der Waals surface area contributed by atoms with E-state index in [2.05, 4.69) is 30.2 Å². The molecule has 0 radical (unpaired) electrons. The van der Waals surface area contributed by atoms with Gasteiger partial charge in [-0.25, -0.2) is 0 Å². The van der Waals surface area contributed by atoms with Crippen molar-refractivity contribution in [3.05, 3.63) is 29.6 Å². The molecule has 2 rings (SSSR count). The Kier molecular flexibility index (Phi) is 3.56. The van der Waals surface area contributed by atoms with Crippen molar-refractivity contribution in [2.24, 2.45) is 0 Å². The highest BCUT2D eigenvalue weighted by Gasteiger charge is 2.27. The predicted octanol–water partition coefficient (Wildman–Crippen LogP) is 2.05. The Morgan fingerprint density at radius 2 is 2.44 bits per heavy atom. The number of rotatable bonds is 3. The highest BCUT2D eigenvalue weighted by Crippen LogP contribution is 2.21. The Labute approximate surface area is 97.2 Å². The van der Waals surface area contributed by atoms with Gasteiger partial charge in [-0.05, 0) is 44.9 Å². The van der Waals surface area contributed by atoms with Gasteiger partial charge in [0.2, 0.25) is 0 Å². The molecule has 0 spiro atoms. The number of piperidine rings is 1. The Bertz CT molecular complexity index is 346. The van der Waals surface area contributed by atoms with E-state index in [-0.39, 0.29) is 5.60 Å². The third-order valence-electron chi connectivity index (χ3n) is 3.23. The molecule has 0 bridgehead atoms. The second-order valence-corrected chi connectivity index (χ2v) is 4.79. The molecule has 0 saturated carbocycles. The molecule has 1 fully saturated rings. The van der Waals surface area contributed by atoms with E-state index in [0.717, 1.165) is 25.2 Å². The predicted molar refractivity (Wildman–Crippen MR) is 64.3 cm³/mol. The van der Waals surface area contributed by atoms with E-state index in [4.69, 9.17) is 4.74 Å². The summed E-state index contributed by atoms with van der Waals surface area (Å²) in [4.78, 5) is 4.35. The lowest BCUT2D eigenvalue weighted by atomic mass is 9.96. The highest BCUT2D eigenvalue weighted by atomic mass is 16.5. The maximum absolute atomic E-state index is 6.01. The van der Waals surface area contributed by atoms with Gasteiger partial charge >= 0.3 is 0 Å². The highest BCUT2D eigenvalue weighted by molar-refractivity contribution is 5.16. The summed E-state index contributed by atoms with van der Waals surface area (Å²) >= 11 is 0. The molecule has 1 N–H and O–H groups in total. The molecule has 0 amide bonds. The Hall–Kier alpha value is -0.930. The topological polar surface area (TPSA) is 34.1 Å². The third-order valence-corrected chi connectivity index (χ3v) is 3.23. The Balaban J connectivity index is 1.94. The van der Waals surface area contributed by atoms with Gasteiger partial charge in [0.25, 0.3) is 0 Å². The molecule has 1 aliphatic heterocycles. The molecule has 1 unspecified atom stereocenters. The molecule has 1 aromatic rings. The molecule has 3 nitrogen and oxygen atoms in total. The van der Waals surface area contributed by atoms with Gasteiger partial charge in [0.15, 0.2) is 0 Å². The van der Waals surface area contributed by atoms with Crippen molar-refractivity contribution in [2.45, 2.75) is 38.9 Å². The van der Waals surface area contributed by atoms with Gasteiger partial charge in [-0.15, -0.1) is 0 Å². The fourth-order valence-electron chi connectivity index (χ4n) is 2.06. The van der Waals surface area contributed by atoms with Crippen LogP contribution in [0.4, 0.5) is 0 Å². The van der Waals surface area contributed by atoms with Crippen LogP contribution in [0.1, 0.15) is 31.0 Å². The van der Waals surface area contributed by atoms with Crippen LogP contribution >= 0.6 is 0 Å². The number of nitrogens with one attached hydrogen (secondary N) is 1. The van der Waals surface area contributed by atoms with Crippen molar-refractivity contribution in [3.63, 3.8) is 0 Å². The molecule has 0 aromatic carbocycles. The minimum Gasteiger partial charge on any atom is -0.368 e. The number of hydrogen-bond donors (Lipinski definition) is 1. The lowest BCUT2D eigenvalue weighted by Crippen LogP contribution is -2.45. The maximum Gasteiger partial charge on any atom is 0.0898 e. The molecule has 16 heavy (non-hydrogen) atoms. The Morgan fingerprint density at radius 3 is 3.12 bits per heavy atom. The smallest absolute Gasteiger partial charge is 0.0898 e. The summed E-state index contributed by atoms with van der Waals surface area (Å²) in [5, 5.41) is 3.38. The van der Waals surface area contributed by atoms with Crippen LogP contribution in [-0.2, 0) is 11.3 Å². The molecule has 3 heteroatoms. The minimum atomic E-state index is -0.0256. The van der Waals surface area contributed by atoms with E-state index in [0.29, 0.717) is 6.61 Å². The Morgan fingerprint density at radius 1 is 1.56 bits per heavy atom. The van der Waals surface area contributed by atoms with Crippen molar-refractivity contribution in [3.8, 4) is 0 Å². The van der Waals surface area contributed by atoms with Gasteiger partial charge in [0.05, 0.1) is 17.9 Å². The van der Waals surface area contributed by atoms with E-state index < -0.39 is 0 Å². The zero-order valence-electron chi connectivity index (χ0n) is 10.1. The number of hydrogen-bond acceptors (Lipinski definition) is 3. The van der Waals surface area contributed by atoms with Crippen LogP contribution in [0, 0.1) is 6.92 Å². The van der Waals surface area contributed by atoms with E-state index in [1.807, 2.05) is 12.3 Å². The summed E-state index contributed by atoms with van der Waals surface area (Å²) in [6, 6.07) is 4.04. The average Bonchev–Trinajstić information content (AvgIpc) is 2.29. The fourth-order valence-corrected chi connectivity index (χ4v) is 2.06.